The highest BCUT2D eigenvalue weighted by molar-refractivity contribution is 9.10. The lowest BCUT2D eigenvalue weighted by Crippen LogP contribution is -2.09. The summed E-state index contributed by atoms with van der Waals surface area (Å²) < 4.78 is 7.11. The van der Waals surface area contributed by atoms with Gasteiger partial charge in [-0.05, 0) is 38.1 Å². The monoisotopic (exact) mass is 327 g/mol. The number of rotatable bonds is 9. The lowest BCUT2D eigenvalue weighted by molar-refractivity contribution is 0.299. The van der Waals surface area contributed by atoms with E-state index in [1.54, 1.807) is 0 Å². The zero-order valence-electron chi connectivity index (χ0n) is 12.4. The molecule has 0 radical (unpaired) electrons. The average molecular weight is 328 g/mol. The number of aryl methyl sites for hydroxylation is 1. The molecule has 0 heterocycles. The van der Waals surface area contributed by atoms with E-state index < -0.39 is 0 Å². The van der Waals surface area contributed by atoms with E-state index in [0.29, 0.717) is 0 Å². The second kappa shape index (κ2) is 9.38. The number of benzene rings is 1. The fraction of sp³-hybridized carbons (Fsp3) is 0.625. The molecule has 0 aliphatic heterocycles. The van der Waals surface area contributed by atoms with Crippen molar-refractivity contribution in [3.63, 3.8) is 0 Å². The van der Waals surface area contributed by atoms with Crippen LogP contribution in [0.5, 0.6) is 5.75 Å². The van der Waals surface area contributed by atoms with Crippen molar-refractivity contribution in [3.05, 3.63) is 27.7 Å². The lowest BCUT2D eigenvalue weighted by Gasteiger charge is -2.15. The summed E-state index contributed by atoms with van der Waals surface area (Å²) in [7, 11) is 1.96. The first-order chi connectivity index (χ1) is 9.19. The minimum Gasteiger partial charge on any atom is -0.493 e. The Balaban J connectivity index is 2.51. The molecular weight excluding hydrogens is 302 g/mol. The van der Waals surface area contributed by atoms with Gasteiger partial charge in [0, 0.05) is 16.6 Å². The molecule has 0 spiro atoms. The minimum absolute atomic E-state index is 0.822. The van der Waals surface area contributed by atoms with Crippen molar-refractivity contribution in [2.75, 3.05) is 13.7 Å². The van der Waals surface area contributed by atoms with Crippen LogP contribution in [0.25, 0.3) is 0 Å². The van der Waals surface area contributed by atoms with Gasteiger partial charge in [0.15, 0.2) is 0 Å². The van der Waals surface area contributed by atoms with Crippen LogP contribution in [0.2, 0.25) is 0 Å². The number of ether oxygens (including phenoxy) is 1. The molecule has 1 rings (SSSR count). The number of hydrogen-bond donors (Lipinski definition) is 1. The smallest absolute Gasteiger partial charge is 0.126 e. The van der Waals surface area contributed by atoms with Crippen LogP contribution < -0.4 is 10.1 Å². The van der Waals surface area contributed by atoms with E-state index in [1.807, 2.05) is 7.05 Å². The van der Waals surface area contributed by atoms with E-state index in [2.05, 4.69) is 47.2 Å². The summed E-state index contributed by atoms with van der Waals surface area (Å²) in [5.74, 6) is 1.05. The van der Waals surface area contributed by atoms with Crippen LogP contribution in [0.15, 0.2) is 16.6 Å². The summed E-state index contributed by atoms with van der Waals surface area (Å²) in [4.78, 5) is 0. The zero-order chi connectivity index (χ0) is 14.1. The first kappa shape index (κ1) is 16.5. The Morgan fingerprint density at radius 1 is 1.16 bits per heavy atom. The molecule has 0 fully saturated rings. The van der Waals surface area contributed by atoms with Crippen LogP contribution in [0, 0.1) is 6.92 Å². The third-order valence-corrected chi connectivity index (χ3v) is 3.64. The van der Waals surface area contributed by atoms with Gasteiger partial charge in [-0.15, -0.1) is 0 Å². The second-order valence-corrected chi connectivity index (χ2v) is 5.92. The summed E-state index contributed by atoms with van der Waals surface area (Å²) in [5, 5.41) is 3.20. The summed E-state index contributed by atoms with van der Waals surface area (Å²) in [6, 6.07) is 4.25. The van der Waals surface area contributed by atoms with Gasteiger partial charge in [-0.2, -0.15) is 0 Å². The summed E-state index contributed by atoms with van der Waals surface area (Å²) in [6.45, 7) is 6.01. The maximum absolute atomic E-state index is 5.99. The third-order valence-electron chi connectivity index (χ3n) is 3.18. The van der Waals surface area contributed by atoms with Crippen molar-refractivity contribution in [1.29, 1.82) is 0 Å². The van der Waals surface area contributed by atoms with Crippen LogP contribution in [-0.4, -0.2) is 13.7 Å². The van der Waals surface area contributed by atoms with E-state index in [1.165, 1.54) is 36.8 Å². The first-order valence-corrected chi connectivity index (χ1v) is 8.04. The van der Waals surface area contributed by atoms with Gasteiger partial charge in [-0.3, -0.25) is 0 Å². The van der Waals surface area contributed by atoms with E-state index in [0.717, 1.165) is 29.8 Å². The summed E-state index contributed by atoms with van der Waals surface area (Å²) >= 11 is 3.54. The molecule has 1 aromatic rings. The van der Waals surface area contributed by atoms with Crippen LogP contribution in [0.3, 0.4) is 0 Å². The topological polar surface area (TPSA) is 21.3 Å². The molecule has 19 heavy (non-hydrogen) atoms. The Morgan fingerprint density at radius 3 is 2.58 bits per heavy atom. The van der Waals surface area contributed by atoms with Crippen LogP contribution in [-0.2, 0) is 6.54 Å². The molecule has 0 aliphatic rings. The zero-order valence-corrected chi connectivity index (χ0v) is 14.0. The van der Waals surface area contributed by atoms with Gasteiger partial charge in [0.25, 0.3) is 0 Å². The molecule has 0 aromatic heterocycles. The van der Waals surface area contributed by atoms with Crippen molar-refractivity contribution in [1.82, 2.24) is 5.32 Å². The molecule has 1 N–H and O–H groups in total. The van der Waals surface area contributed by atoms with Gasteiger partial charge < -0.3 is 10.1 Å². The molecule has 0 aliphatic carbocycles. The maximum Gasteiger partial charge on any atom is 0.126 e. The number of unbranched alkanes of at least 4 members (excludes halogenated alkanes) is 4. The Hall–Kier alpha value is -0.540. The summed E-state index contributed by atoms with van der Waals surface area (Å²) in [6.07, 6.45) is 6.36. The number of nitrogens with one attached hydrogen (secondary N) is 1. The van der Waals surface area contributed by atoms with Crippen molar-refractivity contribution >= 4 is 15.9 Å². The highest BCUT2D eigenvalue weighted by Crippen LogP contribution is 2.28. The quantitative estimate of drug-likeness (QED) is 0.656. The first-order valence-electron chi connectivity index (χ1n) is 7.25. The molecule has 0 saturated heterocycles. The van der Waals surface area contributed by atoms with Crippen molar-refractivity contribution < 1.29 is 4.74 Å². The van der Waals surface area contributed by atoms with E-state index in [9.17, 15) is 0 Å². The van der Waals surface area contributed by atoms with Crippen LogP contribution >= 0.6 is 15.9 Å². The van der Waals surface area contributed by atoms with Gasteiger partial charge in [-0.25, -0.2) is 0 Å². The van der Waals surface area contributed by atoms with Gasteiger partial charge in [0.2, 0.25) is 0 Å². The van der Waals surface area contributed by atoms with Crippen molar-refractivity contribution in [2.24, 2.45) is 0 Å². The van der Waals surface area contributed by atoms with Gasteiger partial charge in [0.05, 0.1) is 6.61 Å². The van der Waals surface area contributed by atoms with E-state index in [4.69, 9.17) is 4.74 Å². The second-order valence-electron chi connectivity index (χ2n) is 5.00. The molecular formula is C16H26BrNO. The Kier molecular flexibility index (Phi) is 8.15. The number of halogens is 1. The predicted molar refractivity (Wildman–Crippen MR) is 85.9 cm³/mol. The molecule has 2 nitrogen and oxygen atoms in total. The number of hydrogen-bond acceptors (Lipinski definition) is 2. The van der Waals surface area contributed by atoms with E-state index in [-0.39, 0.29) is 0 Å². The molecule has 108 valence electrons. The Morgan fingerprint density at radius 2 is 1.89 bits per heavy atom. The molecule has 1 aromatic carbocycles. The molecule has 0 atom stereocenters. The standard InChI is InChI=1S/C16H26BrNO/c1-4-5-6-7-8-9-19-16-13(2)10-15(17)11-14(16)12-18-3/h10-11,18H,4-9,12H2,1-3H3. The molecule has 3 heteroatoms. The van der Waals surface area contributed by atoms with E-state index >= 15 is 0 Å². The SMILES string of the molecule is CCCCCCCOc1c(C)cc(Br)cc1CNC. The predicted octanol–water partition coefficient (Wildman–Crippen LogP) is 4.83. The van der Waals surface area contributed by atoms with Crippen molar-refractivity contribution in [3.8, 4) is 5.75 Å². The van der Waals surface area contributed by atoms with Crippen molar-refractivity contribution in [2.45, 2.75) is 52.5 Å². The Labute approximate surface area is 126 Å². The molecule has 0 bridgehead atoms. The van der Waals surface area contributed by atoms with Gasteiger partial charge in [-0.1, -0.05) is 48.5 Å². The highest BCUT2D eigenvalue weighted by atomic mass is 79.9. The fourth-order valence-electron chi connectivity index (χ4n) is 2.21. The Bertz CT molecular complexity index is 379. The van der Waals surface area contributed by atoms with Crippen LogP contribution in [0.1, 0.15) is 50.2 Å². The fourth-order valence-corrected chi connectivity index (χ4v) is 2.83. The van der Waals surface area contributed by atoms with Crippen LogP contribution in [0.4, 0.5) is 0 Å². The maximum atomic E-state index is 5.99. The minimum atomic E-state index is 0.822. The highest BCUT2D eigenvalue weighted by Gasteiger charge is 2.08. The average Bonchev–Trinajstić information content (AvgIpc) is 2.36. The molecule has 0 amide bonds. The molecule has 0 unspecified atom stereocenters. The summed E-state index contributed by atoms with van der Waals surface area (Å²) in [5.41, 5.74) is 2.43. The molecule has 0 saturated carbocycles. The third kappa shape index (κ3) is 5.96. The largest absolute Gasteiger partial charge is 0.493 e. The van der Waals surface area contributed by atoms with Gasteiger partial charge >= 0.3 is 0 Å². The van der Waals surface area contributed by atoms with Gasteiger partial charge in [0.1, 0.15) is 5.75 Å². The normalized spacial score (nSPS) is 10.7. The lowest BCUT2D eigenvalue weighted by atomic mass is 10.1.